The number of carbonyl (C=O) groups excluding carboxylic acids is 1. The molecule has 4 nitrogen and oxygen atoms in total. The third-order valence-corrected chi connectivity index (χ3v) is 6.03. The van der Waals surface area contributed by atoms with E-state index in [-0.39, 0.29) is 5.91 Å². The first-order chi connectivity index (χ1) is 12.0. The number of thioether (sulfide) groups is 1. The van der Waals surface area contributed by atoms with Crippen molar-refractivity contribution in [3.63, 3.8) is 0 Å². The van der Waals surface area contributed by atoms with Crippen LogP contribution in [0.5, 0.6) is 0 Å². The molecule has 0 fully saturated rings. The molecule has 0 atom stereocenters. The molecule has 0 aliphatic rings. The van der Waals surface area contributed by atoms with Crippen LogP contribution in [0.3, 0.4) is 0 Å². The Bertz CT molecular complexity index is 905. The monoisotopic (exact) mass is 369 g/mol. The minimum absolute atomic E-state index is 0.158. The first kappa shape index (κ1) is 17.6. The number of rotatable bonds is 5. The second kappa shape index (κ2) is 7.80. The van der Waals surface area contributed by atoms with Crippen LogP contribution in [-0.4, -0.2) is 16.1 Å². The predicted molar refractivity (Wildman–Crippen MR) is 105 cm³/mol. The van der Waals surface area contributed by atoms with Crippen molar-refractivity contribution in [1.82, 2.24) is 10.2 Å². The summed E-state index contributed by atoms with van der Waals surface area (Å²) in [5.74, 6) is 0.682. The summed E-state index contributed by atoms with van der Waals surface area (Å²) in [6, 6.07) is 14.0. The minimum Gasteiger partial charge on any atom is -0.296 e. The fourth-order valence-corrected chi connectivity index (χ4v) is 4.11. The van der Waals surface area contributed by atoms with Gasteiger partial charge in [-0.3, -0.25) is 10.1 Å². The van der Waals surface area contributed by atoms with E-state index in [1.165, 1.54) is 28.0 Å². The molecule has 3 aromatic rings. The molecule has 25 heavy (non-hydrogen) atoms. The van der Waals surface area contributed by atoms with Crippen molar-refractivity contribution in [2.24, 2.45) is 0 Å². The number of benzene rings is 2. The van der Waals surface area contributed by atoms with Gasteiger partial charge in [0.25, 0.3) is 5.91 Å². The molecule has 1 amide bonds. The van der Waals surface area contributed by atoms with E-state index in [0.717, 1.165) is 15.7 Å². The first-order valence-electron chi connectivity index (χ1n) is 7.92. The summed E-state index contributed by atoms with van der Waals surface area (Å²) in [7, 11) is 0. The summed E-state index contributed by atoms with van der Waals surface area (Å²) in [6.07, 6.45) is 0. The van der Waals surface area contributed by atoms with Gasteiger partial charge in [-0.05, 0) is 55.2 Å². The first-order valence-corrected chi connectivity index (χ1v) is 9.72. The highest BCUT2D eigenvalue weighted by Gasteiger charge is 2.11. The maximum absolute atomic E-state index is 12.3. The molecule has 0 saturated heterocycles. The Balaban J connectivity index is 1.62. The summed E-state index contributed by atoms with van der Waals surface area (Å²) >= 11 is 3.03. The van der Waals surface area contributed by atoms with Gasteiger partial charge in [0.2, 0.25) is 5.13 Å². The number of amides is 1. The summed E-state index contributed by atoms with van der Waals surface area (Å²) in [5.41, 5.74) is 5.44. The van der Waals surface area contributed by atoms with E-state index in [0.29, 0.717) is 10.7 Å². The van der Waals surface area contributed by atoms with E-state index in [4.69, 9.17) is 0 Å². The van der Waals surface area contributed by atoms with Gasteiger partial charge in [0, 0.05) is 11.3 Å². The molecule has 1 aromatic heterocycles. The van der Waals surface area contributed by atoms with E-state index in [2.05, 4.69) is 34.6 Å². The molecule has 0 bridgehead atoms. The van der Waals surface area contributed by atoms with Crippen molar-refractivity contribution in [3.05, 3.63) is 70.3 Å². The highest BCUT2D eigenvalue weighted by Crippen LogP contribution is 2.29. The van der Waals surface area contributed by atoms with E-state index >= 15 is 0 Å². The molecule has 1 heterocycles. The molecule has 2 aromatic carbocycles. The smallest absolute Gasteiger partial charge is 0.257 e. The second-order valence-corrected chi connectivity index (χ2v) is 8.04. The summed E-state index contributed by atoms with van der Waals surface area (Å²) in [5, 5.41) is 11.6. The highest BCUT2D eigenvalue weighted by atomic mass is 32.2. The van der Waals surface area contributed by atoms with Crippen LogP contribution in [0.4, 0.5) is 5.13 Å². The normalized spacial score (nSPS) is 10.7. The van der Waals surface area contributed by atoms with Crippen LogP contribution in [0.25, 0.3) is 0 Å². The Kier molecular flexibility index (Phi) is 5.50. The molecule has 0 saturated carbocycles. The van der Waals surface area contributed by atoms with Gasteiger partial charge in [-0.15, -0.1) is 10.2 Å². The summed E-state index contributed by atoms with van der Waals surface area (Å²) < 4.78 is 0.846. The fourth-order valence-electron chi connectivity index (χ4n) is 2.28. The number of nitrogens with one attached hydrogen (secondary N) is 1. The number of anilines is 1. The lowest BCUT2D eigenvalue weighted by Gasteiger charge is -2.04. The van der Waals surface area contributed by atoms with E-state index in [1.54, 1.807) is 11.8 Å². The molecular weight excluding hydrogens is 350 g/mol. The lowest BCUT2D eigenvalue weighted by Crippen LogP contribution is -2.12. The van der Waals surface area contributed by atoms with Crippen molar-refractivity contribution in [2.75, 3.05) is 5.32 Å². The van der Waals surface area contributed by atoms with Gasteiger partial charge in [-0.1, -0.05) is 53.4 Å². The molecular formula is C19H19N3OS2. The van der Waals surface area contributed by atoms with Crippen molar-refractivity contribution in [2.45, 2.75) is 30.9 Å². The minimum atomic E-state index is -0.158. The van der Waals surface area contributed by atoms with Gasteiger partial charge < -0.3 is 0 Å². The Morgan fingerprint density at radius 1 is 1.04 bits per heavy atom. The zero-order chi connectivity index (χ0) is 17.8. The van der Waals surface area contributed by atoms with E-state index < -0.39 is 0 Å². The van der Waals surface area contributed by atoms with Gasteiger partial charge in [0.1, 0.15) is 0 Å². The van der Waals surface area contributed by atoms with Crippen molar-refractivity contribution >= 4 is 34.1 Å². The fraction of sp³-hybridized carbons (Fsp3) is 0.211. The lowest BCUT2D eigenvalue weighted by atomic mass is 10.1. The van der Waals surface area contributed by atoms with Crippen molar-refractivity contribution in [3.8, 4) is 0 Å². The number of aromatic nitrogens is 2. The molecule has 0 aliphatic heterocycles. The second-order valence-electron chi connectivity index (χ2n) is 5.84. The maximum Gasteiger partial charge on any atom is 0.257 e. The quantitative estimate of drug-likeness (QED) is 0.507. The van der Waals surface area contributed by atoms with Crippen LogP contribution in [-0.2, 0) is 5.75 Å². The lowest BCUT2D eigenvalue weighted by molar-refractivity contribution is 0.102. The van der Waals surface area contributed by atoms with Crippen LogP contribution in [0.2, 0.25) is 0 Å². The summed E-state index contributed by atoms with van der Waals surface area (Å²) in [4.78, 5) is 12.3. The van der Waals surface area contributed by atoms with Crippen LogP contribution < -0.4 is 5.32 Å². The van der Waals surface area contributed by atoms with Crippen LogP contribution in [0, 0.1) is 20.8 Å². The molecule has 1 N–H and O–H groups in total. The highest BCUT2D eigenvalue weighted by molar-refractivity contribution is 8.00. The number of hydrogen-bond acceptors (Lipinski definition) is 5. The number of aryl methyl sites for hydroxylation is 3. The van der Waals surface area contributed by atoms with Crippen LogP contribution in [0.15, 0.2) is 46.8 Å². The van der Waals surface area contributed by atoms with E-state index in [1.807, 2.05) is 44.2 Å². The van der Waals surface area contributed by atoms with Crippen LogP contribution in [0.1, 0.15) is 32.6 Å². The van der Waals surface area contributed by atoms with Crippen molar-refractivity contribution in [1.29, 1.82) is 0 Å². The van der Waals surface area contributed by atoms with Crippen molar-refractivity contribution < 1.29 is 4.79 Å². The Morgan fingerprint density at radius 2 is 1.84 bits per heavy atom. The molecule has 3 rings (SSSR count). The van der Waals surface area contributed by atoms with E-state index in [9.17, 15) is 4.79 Å². The summed E-state index contributed by atoms with van der Waals surface area (Å²) in [6.45, 7) is 6.13. The van der Waals surface area contributed by atoms with Gasteiger partial charge in [0.05, 0.1) is 0 Å². The average Bonchev–Trinajstić information content (AvgIpc) is 3.04. The average molecular weight is 370 g/mol. The molecule has 128 valence electrons. The van der Waals surface area contributed by atoms with Gasteiger partial charge in [-0.2, -0.15) is 0 Å². The predicted octanol–water partition coefficient (Wildman–Crippen LogP) is 5.01. The Morgan fingerprint density at radius 3 is 2.60 bits per heavy atom. The van der Waals surface area contributed by atoms with Gasteiger partial charge >= 0.3 is 0 Å². The third kappa shape index (κ3) is 4.46. The topological polar surface area (TPSA) is 54.9 Å². The Labute approximate surface area is 155 Å². The number of nitrogens with zero attached hydrogens (tertiary/aromatic N) is 2. The number of carbonyl (C=O) groups is 1. The molecule has 0 unspecified atom stereocenters. The molecule has 0 aliphatic carbocycles. The zero-order valence-electron chi connectivity index (χ0n) is 14.4. The SMILES string of the molecule is Cc1ccc(C(=O)Nc2nnc(SCc3ccccc3C)s2)cc1C. The van der Waals surface area contributed by atoms with Crippen LogP contribution >= 0.6 is 23.1 Å². The largest absolute Gasteiger partial charge is 0.296 e. The number of hydrogen-bond donors (Lipinski definition) is 1. The Hall–Kier alpha value is -2.18. The standard InChI is InChI=1S/C19H19N3OS2/c1-12-8-9-15(10-14(12)3)17(23)20-18-21-22-19(25-18)24-11-16-7-5-4-6-13(16)2/h4-10H,11H2,1-3H3,(H,20,21,23). The maximum atomic E-state index is 12.3. The zero-order valence-corrected chi connectivity index (χ0v) is 16.0. The van der Waals surface area contributed by atoms with Gasteiger partial charge in [0.15, 0.2) is 4.34 Å². The van der Waals surface area contributed by atoms with Gasteiger partial charge in [-0.25, -0.2) is 0 Å². The molecule has 0 spiro atoms. The molecule has 0 radical (unpaired) electrons. The third-order valence-electron chi connectivity index (χ3n) is 4.01. The molecule has 6 heteroatoms.